The van der Waals surface area contributed by atoms with Gasteiger partial charge in [0.1, 0.15) is 4.70 Å². The number of hydrogen-bond donors (Lipinski definition) is 1. The minimum absolute atomic E-state index is 0.283. The highest BCUT2D eigenvalue weighted by Gasteiger charge is 2.31. The molecule has 6 rings (SSSR count). The van der Waals surface area contributed by atoms with Crippen molar-refractivity contribution in [3.05, 3.63) is 76.2 Å². The number of aryl methyl sites for hydroxylation is 1. The highest BCUT2D eigenvalue weighted by molar-refractivity contribution is 7.22. The molecule has 7 nitrogen and oxygen atoms in total. The molecule has 1 N–H and O–H groups in total. The number of nitrogens with zero attached hydrogens (tertiary/aromatic N) is 4. The second kappa shape index (κ2) is 8.77. The normalized spacial score (nSPS) is 17.6. The van der Waals surface area contributed by atoms with Gasteiger partial charge in [0.25, 0.3) is 5.56 Å². The van der Waals surface area contributed by atoms with Crippen molar-refractivity contribution in [1.82, 2.24) is 19.0 Å². The molecule has 5 heterocycles. The van der Waals surface area contributed by atoms with E-state index >= 15 is 0 Å². The van der Waals surface area contributed by atoms with E-state index in [0.717, 1.165) is 54.0 Å². The van der Waals surface area contributed by atoms with Crippen molar-refractivity contribution in [2.24, 2.45) is 0 Å². The molecule has 1 unspecified atom stereocenters. The summed E-state index contributed by atoms with van der Waals surface area (Å²) in [5.74, 6) is -0.464. The van der Waals surface area contributed by atoms with Crippen molar-refractivity contribution >= 4 is 27.4 Å². The topological polar surface area (TPSA) is 80.4 Å². The van der Waals surface area contributed by atoms with E-state index in [4.69, 9.17) is 0 Å². The summed E-state index contributed by atoms with van der Waals surface area (Å²) in [6, 6.07) is 11.5. The van der Waals surface area contributed by atoms with Crippen LogP contribution >= 0.6 is 11.3 Å². The van der Waals surface area contributed by atoms with Crippen molar-refractivity contribution in [3.8, 4) is 10.4 Å². The van der Waals surface area contributed by atoms with Crippen molar-refractivity contribution in [1.29, 1.82) is 0 Å². The Morgan fingerprint density at radius 2 is 1.91 bits per heavy atom. The zero-order valence-electron chi connectivity index (χ0n) is 19.7. The van der Waals surface area contributed by atoms with E-state index in [9.17, 15) is 14.7 Å². The number of carboxylic acids is 1. The van der Waals surface area contributed by atoms with Gasteiger partial charge in [-0.15, -0.1) is 11.3 Å². The predicted octanol–water partition coefficient (Wildman–Crippen LogP) is 4.36. The summed E-state index contributed by atoms with van der Waals surface area (Å²) in [6.07, 6.45) is 7.41. The Bertz CT molecular complexity index is 1460. The van der Waals surface area contributed by atoms with E-state index in [-0.39, 0.29) is 5.56 Å². The lowest BCUT2D eigenvalue weighted by Gasteiger charge is -2.29. The minimum Gasteiger partial charge on any atom is -0.479 e. The van der Waals surface area contributed by atoms with Crippen LogP contribution in [0.15, 0.2) is 53.7 Å². The molecule has 0 radical (unpaired) electrons. The Labute approximate surface area is 207 Å². The standard InChI is InChI=1S/C27H28N4O3S/c1-29-12-8-18(9-13-29)17-4-6-19(7-5-17)22-15-20-10-14-31(26(32)25(20)35-22)24(27(33)34)23-21-3-2-11-30(21)16-28-23/h4-7,10,14-16,18,24H,2-3,8-9,11-13H2,1H3,(H,33,34). The van der Waals surface area contributed by atoms with Gasteiger partial charge in [0.15, 0.2) is 6.04 Å². The van der Waals surface area contributed by atoms with Gasteiger partial charge >= 0.3 is 5.97 Å². The molecule has 3 aromatic heterocycles. The highest BCUT2D eigenvalue weighted by atomic mass is 32.1. The number of carbonyl (C=O) groups is 1. The average molecular weight is 489 g/mol. The Balaban J connectivity index is 1.33. The zero-order valence-corrected chi connectivity index (χ0v) is 20.5. The van der Waals surface area contributed by atoms with Gasteiger partial charge < -0.3 is 14.6 Å². The van der Waals surface area contributed by atoms with E-state index in [0.29, 0.717) is 16.3 Å². The SMILES string of the molecule is CN1CCC(c2ccc(-c3cc4ccn(C(C(=O)O)c5ncn6c5CCC6)c(=O)c4s3)cc2)CC1. The van der Waals surface area contributed by atoms with Crippen molar-refractivity contribution in [2.75, 3.05) is 20.1 Å². The number of benzene rings is 1. The number of imidazole rings is 1. The summed E-state index contributed by atoms with van der Waals surface area (Å²) in [6.45, 7) is 3.11. The summed E-state index contributed by atoms with van der Waals surface area (Å²) >= 11 is 1.43. The van der Waals surface area contributed by atoms with Gasteiger partial charge in [0.2, 0.25) is 0 Å². The fourth-order valence-electron chi connectivity index (χ4n) is 5.55. The Hall–Kier alpha value is -3.23. The van der Waals surface area contributed by atoms with Crippen LogP contribution in [0.25, 0.3) is 20.5 Å². The second-order valence-electron chi connectivity index (χ2n) is 9.74. The zero-order chi connectivity index (χ0) is 24.1. The van der Waals surface area contributed by atoms with E-state index in [1.807, 2.05) is 16.7 Å². The fourth-order valence-corrected chi connectivity index (χ4v) is 6.65. The third-order valence-corrected chi connectivity index (χ3v) is 8.74. The van der Waals surface area contributed by atoms with Gasteiger partial charge in [-0.05, 0) is 75.0 Å². The largest absolute Gasteiger partial charge is 0.479 e. The molecule has 180 valence electrons. The minimum atomic E-state index is -1.12. The van der Waals surface area contributed by atoms with E-state index in [1.54, 1.807) is 12.5 Å². The summed E-state index contributed by atoms with van der Waals surface area (Å²) in [7, 11) is 2.18. The maximum Gasteiger partial charge on any atom is 0.333 e. The van der Waals surface area contributed by atoms with Crippen LogP contribution in [0.5, 0.6) is 0 Å². The maximum absolute atomic E-state index is 13.5. The number of rotatable bonds is 5. The van der Waals surface area contributed by atoms with Crippen LogP contribution < -0.4 is 5.56 Å². The van der Waals surface area contributed by atoms with Crippen LogP contribution in [0, 0.1) is 0 Å². The molecule has 0 saturated carbocycles. The first kappa shape index (κ1) is 22.2. The molecule has 8 heteroatoms. The molecule has 1 fully saturated rings. The van der Waals surface area contributed by atoms with Crippen LogP contribution in [-0.4, -0.2) is 50.2 Å². The molecule has 0 amide bonds. The molecule has 0 aliphatic carbocycles. The fraction of sp³-hybridized carbons (Fsp3) is 0.370. The van der Waals surface area contributed by atoms with Gasteiger partial charge in [-0.25, -0.2) is 9.78 Å². The number of likely N-dealkylation sites (tertiary alicyclic amines) is 1. The van der Waals surface area contributed by atoms with Gasteiger partial charge in [0.05, 0.1) is 12.0 Å². The second-order valence-corrected chi connectivity index (χ2v) is 10.8. The molecule has 0 bridgehead atoms. The van der Waals surface area contributed by atoms with E-state index in [1.165, 1.54) is 34.3 Å². The number of pyridine rings is 1. The Morgan fingerprint density at radius 3 is 2.66 bits per heavy atom. The van der Waals surface area contributed by atoms with E-state index < -0.39 is 12.0 Å². The maximum atomic E-state index is 13.5. The molecular weight excluding hydrogens is 460 g/mol. The van der Waals surface area contributed by atoms with Crippen LogP contribution in [0.1, 0.15) is 48.2 Å². The van der Waals surface area contributed by atoms with Crippen LogP contribution in [0.2, 0.25) is 0 Å². The van der Waals surface area contributed by atoms with Crippen molar-refractivity contribution < 1.29 is 9.90 Å². The van der Waals surface area contributed by atoms with Crippen molar-refractivity contribution in [2.45, 2.75) is 44.2 Å². The Kier molecular flexibility index (Phi) is 5.57. The van der Waals surface area contributed by atoms with Crippen molar-refractivity contribution in [3.63, 3.8) is 0 Å². The summed E-state index contributed by atoms with van der Waals surface area (Å²) in [5, 5.41) is 10.9. The number of piperidine rings is 1. The molecule has 4 aromatic rings. The van der Waals surface area contributed by atoms with Crippen LogP contribution in [0.4, 0.5) is 0 Å². The summed E-state index contributed by atoms with van der Waals surface area (Å²) in [5.41, 5.74) is 3.56. The lowest BCUT2D eigenvalue weighted by atomic mass is 9.89. The molecular formula is C27H28N4O3S. The number of hydrogen-bond acceptors (Lipinski definition) is 5. The first-order valence-corrected chi connectivity index (χ1v) is 13.0. The summed E-state index contributed by atoms with van der Waals surface area (Å²) in [4.78, 5) is 33.5. The molecule has 2 aliphatic rings. The number of carboxylic acid groups (broad SMARTS) is 1. The third kappa shape index (κ3) is 3.90. The van der Waals surface area contributed by atoms with Gasteiger partial charge in [-0.3, -0.25) is 9.36 Å². The van der Waals surface area contributed by atoms with Crippen LogP contribution in [-0.2, 0) is 17.8 Å². The monoisotopic (exact) mass is 488 g/mol. The molecule has 35 heavy (non-hydrogen) atoms. The van der Waals surface area contributed by atoms with E-state index in [2.05, 4.69) is 41.2 Å². The molecule has 1 saturated heterocycles. The molecule has 1 aromatic carbocycles. The number of aliphatic carboxylic acids is 1. The van der Waals surface area contributed by atoms with Gasteiger partial charge in [0, 0.05) is 28.7 Å². The van der Waals surface area contributed by atoms with Gasteiger partial charge in [-0.1, -0.05) is 24.3 Å². The first-order chi connectivity index (χ1) is 17.0. The quantitative estimate of drug-likeness (QED) is 0.452. The lowest BCUT2D eigenvalue weighted by Crippen LogP contribution is -2.30. The first-order valence-electron chi connectivity index (χ1n) is 12.2. The number of aromatic nitrogens is 3. The predicted molar refractivity (Wildman–Crippen MR) is 137 cm³/mol. The summed E-state index contributed by atoms with van der Waals surface area (Å²) < 4.78 is 3.90. The molecule has 2 aliphatic heterocycles. The average Bonchev–Trinajstić information content (AvgIpc) is 3.58. The third-order valence-electron chi connectivity index (χ3n) is 7.55. The number of fused-ring (bicyclic) bond motifs is 2. The number of thiophene rings is 1. The van der Waals surface area contributed by atoms with Gasteiger partial charge in [-0.2, -0.15) is 0 Å². The highest BCUT2D eigenvalue weighted by Crippen LogP contribution is 2.35. The smallest absolute Gasteiger partial charge is 0.333 e. The Morgan fingerprint density at radius 1 is 1.14 bits per heavy atom. The molecule has 0 spiro atoms. The molecule has 1 atom stereocenters. The lowest BCUT2D eigenvalue weighted by molar-refractivity contribution is -0.139. The van der Waals surface area contributed by atoms with Crippen LogP contribution in [0.3, 0.4) is 0 Å².